The number of hydrogen-bond donors (Lipinski definition) is 1. The molecule has 1 unspecified atom stereocenters. The van der Waals surface area contributed by atoms with E-state index in [9.17, 15) is 0 Å². The summed E-state index contributed by atoms with van der Waals surface area (Å²) in [7, 11) is 0. The second-order valence-electron chi connectivity index (χ2n) is 4.46. The molecule has 0 aromatic heterocycles. The van der Waals surface area contributed by atoms with Crippen LogP contribution in [0.2, 0.25) is 0 Å². The van der Waals surface area contributed by atoms with Crippen molar-refractivity contribution in [2.75, 3.05) is 19.8 Å². The number of nitrogens with one attached hydrogen (secondary N) is 1. The monoisotopic (exact) mass is 185 g/mol. The molecule has 0 aromatic carbocycles. The molecule has 0 radical (unpaired) electrons. The zero-order valence-corrected chi connectivity index (χ0v) is 9.23. The molecule has 0 aliphatic heterocycles. The van der Waals surface area contributed by atoms with Crippen LogP contribution < -0.4 is 5.32 Å². The molecule has 1 aliphatic rings. The summed E-state index contributed by atoms with van der Waals surface area (Å²) < 4.78 is 5.50. The zero-order valence-electron chi connectivity index (χ0n) is 9.23. The minimum absolute atomic E-state index is 0.332. The minimum atomic E-state index is 0.332. The highest BCUT2D eigenvalue weighted by Gasteiger charge is 2.27. The largest absolute Gasteiger partial charge is 0.381 e. The predicted molar refractivity (Wildman–Crippen MR) is 55.9 cm³/mol. The molecule has 0 aromatic rings. The summed E-state index contributed by atoms with van der Waals surface area (Å²) >= 11 is 0. The van der Waals surface area contributed by atoms with Gasteiger partial charge in [-0.3, -0.25) is 0 Å². The van der Waals surface area contributed by atoms with Crippen LogP contribution in [-0.2, 0) is 4.74 Å². The van der Waals surface area contributed by atoms with Crippen LogP contribution in [0.15, 0.2) is 0 Å². The Morgan fingerprint density at radius 1 is 1.38 bits per heavy atom. The predicted octanol–water partition coefficient (Wildman–Crippen LogP) is 2.19. The molecule has 2 heteroatoms. The summed E-state index contributed by atoms with van der Waals surface area (Å²) in [5, 5.41) is 3.58. The number of ether oxygens (including phenoxy) is 1. The molecule has 0 bridgehead atoms. The first-order valence-corrected chi connectivity index (χ1v) is 5.51. The van der Waals surface area contributed by atoms with E-state index in [4.69, 9.17) is 4.74 Å². The molecule has 1 saturated carbocycles. The third kappa shape index (κ3) is 4.10. The van der Waals surface area contributed by atoms with E-state index in [2.05, 4.69) is 26.1 Å². The van der Waals surface area contributed by atoms with Crippen molar-refractivity contribution < 1.29 is 4.74 Å². The standard InChI is InChI=1S/C11H23NO/c1-4-11(3,9-13-5-2)8-12-10-6-7-10/h10,12H,4-9H2,1-3H3. The third-order valence-corrected chi connectivity index (χ3v) is 2.90. The van der Waals surface area contributed by atoms with Gasteiger partial charge in [-0.2, -0.15) is 0 Å². The van der Waals surface area contributed by atoms with Crippen molar-refractivity contribution in [1.82, 2.24) is 5.32 Å². The van der Waals surface area contributed by atoms with E-state index in [1.807, 2.05) is 0 Å². The van der Waals surface area contributed by atoms with Gasteiger partial charge in [0.2, 0.25) is 0 Å². The van der Waals surface area contributed by atoms with Crippen molar-refractivity contribution in [2.24, 2.45) is 5.41 Å². The molecule has 1 atom stereocenters. The van der Waals surface area contributed by atoms with E-state index in [1.54, 1.807) is 0 Å². The van der Waals surface area contributed by atoms with Gasteiger partial charge in [-0.1, -0.05) is 13.8 Å². The van der Waals surface area contributed by atoms with Crippen LogP contribution in [0.3, 0.4) is 0 Å². The summed E-state index contributed by atoms with van der Waals surface area (Å²) in [6.45, 7) is 9.43. The Balaban J connectivity index is 2.19. The molecule has 0 heterocycles. The highest BCUT2D eigenvalue weighted by atomic mass is 16.5. The van der Waals surface area contributed by atoms with Gasteiger partial charge in [-0.25, -0.2) is 0 Å². The summed E-state index contributed by atoms with van der Waals surface area (Å²) in [5.74, 6) is 0. The molecular formula is C11H23NO. The van der Waals surface area contributed by atoms with E-state index in [1.165, 1.54) is 19.3 Å². The first-order chi connectivity index (χ1) is 6.20. The van der Waals surface area contributed by atoms with Crippen molar-refractivity contribution >= 4 is 0 Å². The van der Waals surface area contributed by atoms with Gasteiger partial charge in [0, 0.05) is 24.6 Å². The first kappa shape index (κ1) is 11.0. The van der Waals surface area contributed by atoms with E-state index >= 15 is 0 Å². The summed E-state index contributed by atoms with van der Waals surface area (Å²) in [5.41, 5.74) is 0.332. The van der Waals surface area contributed by atoms with Crippen LogP contribution >= 0.6 is 0 Å². The smallest absolute Gasteiger partial charge is 0.0531 e. The molecule has 78 valence electrons. The fraction of sp³-hybridized carbons (Fsp3) is 1.00. The fourth-order valence-electron chi connectivity index (χ4n) is 1.30. The van der Waals surface area contributed by atoms with Gasteiger partial charge in [0.05, 0.1) is 6.61 Å². The van der Waals surface area contributed by atoms with E-state index < -0.39 is 0 Å². The van der Waals surface area contributed by atoms with Gasteiger partial charge >= 0.3 is 0 Å². The third-order valence-electron chi connectivity index (χ3n) is 2.90. The molecule has 1 aliphatic carbocycles. The lowest BCUT2D eigenvalue weighted by Gasteiger charge is -2.28. The van der Waals surface area contributed by atoms with Gasteiger partial charge in [-0.05, 0) is 26.2 Å². The maximum absolute atomic E-state index is 5.50. The second-order valence-corrected chi connectivity index (χ2v) is 4.46. The summed E-state index contributed by atoms with van der Waals surface area (Å²) in [4.78, 5) is 0. The topological polar surface area (TPSA) is 21.3 Å². The Labute approximate surface area is 82.0 Å². The highest BCUT2D eigenvalue weighted by molar-refractivity contribution is 4.85. The van der Waals surface area contributed by atoms with Gasteiger partial charge in [0.1, 0.15) is 0 Å². The Bertz CT molecular complexity index is 145. The van der Waals surface area contributed by atoms with Gasteiger partial charge in [0.25, 0.3) is 0 Å². The lowest BCUT2D eigenvalue weighted by molar-refractivity contribution is 0.0579. The van der Waals surface area contributed by atoms with Crippen molar-refractivity contribution in [1.29, 1.82) is 0 Å². The Morgan fingerprint density at radius 3 is 2.54 bits per heavy atom. The second kappa shape index (κ2) is 4.97. The normalized spacial score (nSPS) is 21.5. The fourth-order valence-corrected chi connectivity index (χ4v) is 1.30. The van der Waals surface area contributed by atoms with Gasteiger partial charge in [0.15, 0.2) is 0 Å². The van der Waals surface area contributed by atoms with E-state index in [0.717, 1.165) is 25.8 Å². The summed E-state index contributed by atoms with van der Waals surface area (Å²) in [6, 6.07) is 0.813. The molecule has 0 spiro atoms. The Morgan fingerprint density at radius 2 is 2.08 bits per heavy atom. The number of rotatable bonds is 7. The van der Waals surface area contributed by atoms with Crippen LogP contribution in [0.4, 0.5) is 0 Å². The molecule has 0 amide bonds. The van der Waals surface area contributed by atoms with Crippen LogP contribution in [0.1, 0.15) is 40.0 Å². The molecular weight excluding hydrogens is 162 g/mol. The molecule has 0 saturated heterocycles. The van der Waals surface area contributed by atoms with Crippen LogP contribution in [0, 0.1) is 5.41 Å². The quantitative estimate of drug-likeness (QED) is 0.656. The summed E-state index contributed by atoms with van der Waals surface area (Å²) in [6.07, 6.45) is 3.93. The Kier molecular flexibility index (Phi) is 4.20. The maximum Gasteiger partial charge on any atom is 0.0531 e. The molecule has 1 N–H and O–H groups in total. The maximum atomic E-state index is 5.50. The zero-order chi connectivity index (χ0) is 9.73. The Hall–Kier alpha value is -0.0800. The minimum Gasteiger partial charge on any atom is -0.381 e. The average molecular weight is 185 g/mol. The highest BCUT2D eigenvalue weighted by Crippen LogP contribution is 2.24. The van der Waals surface area contributed by atoms with Crippen molar-refractivity contribution in [3.8, 4) is 0 Å². The van der Waals surface area contributed by atoms with Gasteiger partial charge < -0.3 is 10.1 Å². The molecule has 1 rings (SSSR count). The SMILES string of the molecule is CCOCC(C)(CC)CNC1CC1. The lowest BCUT2D eigenvalue weighted by atomic mass is 9.88. The number of hydrogen-bond acceptors (Lipinski definition) is 2. The van der Waals surface area contributed by atoms with Crippen molar-refractivity contribution in [3.63, 3.8) is 0 Å². The van der Waals surface area contributed by atoms with Crippen molar-refractivity contribution in [2.45, 2.75) is 46.1 Å². The average Bonchev–Trinajstić information content (AvgIpc) is 2.95. The van der Waals surface area contributed by atoms with Crippen LogP contribution in [-0.4, -0.2) is 25.8 Å². The van der Waals surface area contributed by atoms with Crippen LogP contribution in [0.5, 0.6) is 0 Å². The molecule has 1 fully saturated rings. The lowest BCUT2D eigenvalue weighted by Crippen LogP contribution is -2.36. The molecule has 13 heavy (non-hydrogen) atoms. The van der Waals surface area contributed by atoms with Crippen molar-refractivity contribution in [3.05, 3.63) is 0 Å². The first-order valence-electron chi connectivity index (χ1n) is 5.51. The molecule has 2 nitrogen and oxygen atoms in total. The van der Waals surface area contributed by atoms with E-state index in [-0.39, 0.29) is 0 Å². The van der Waals surface area contributed by atoms with E-state index in [0.29, 0.717) is 5.41 Å². The van der Waals surface area contributed by atoms with Gasteiger partial charge in [-0.15, -0.1) is 0 Å². The van der Waals surface area contributed by atoms with Crippen LogP contribution in [0.25, 0.3) is 0 Å².